The summed E-state index contributed by atoms with van der Waals surface area (Å²) in [6.45, 7) is 13.1. The van der Waals surface area contributed by atoms with Crippen molar-refractivity contribution < 1.29 is 4.42 Å². The molecule has 0 fully saturated rings. The van der Waals surface area contributed by atoms with Crippen LogP contribution in [0.2, 0.25) is 0 Å². The standard InChI is InChI=1S/C60H47N5O/c1-36-12-13-37(2)61(36)45-20-25-56-50(32-45)49-30-42(18-24-55(49)64(56)44-10-8-7-9-11-44)43-19-28-59-53(31-43)54-35-48(23-29-60(54)66-59)65-57-26-21-46(62-38(3)14-15-39(62)4)33-51(57)52-34-47(22-27-58(52)65)63-40(5)16-17-41(63)6/h7-35H,1-6H3. The molecule has 0 aliphatic rings. The Bertz CT molecular complexity index is 3960. The van der Waals surface area contributed by atoms with Gasteiger partial charge in [-0.25, -0.2) is 0 Å². The van der Waals surface area contributed by atoms with Crippen molar-refractivity contribution in [3.8, 4) is 39.6 Å². The van der Waals surface area contributed by atoms with E-state index in [1.165, 1.54) is 83.8 Å². The van der Waals surface area contributed by atoms with Crippen molar-refractivity contribution in [1.29, 1.82) is 0 Å². The first-order valence-electron chi connectivity index (χ1n) is 22.8. The highest BCUT2D eigenvalue weighted by atomic mass is 16.3. The zero-order valence-electron chi connectivity index (χ0n) is 37.9. The first-order valence-corrected chi connectivity index (χ1v) is 22.8. The molecule has 0 saturated heterocycles. The third-order valence-electron chi connectivity index (χ3n) is 14.1. The van der Waals surface area contributed by atoms with E-state index in [0.29, 0.717) is 0 Å². The Labute approximate surface area is 382 Å². The van der Waals surface area contributed by atoms with Crippen LogP contribution in [0.25, 0.3) is 105 Å². The summed E-state index contributed by atoms with van der Waals surface area (Å²) < 4.78 is 18.4. The molecule has 13 rings (SSSR count). The minimum atomic E-state index is 0.873. The fraction of sp³-hybridized carbons (Fsp3) is 0.100. The lowest BCUT2D eigenvalue weighted by molar-refractivity contribution is 0.669. The van der Waals surface area contributed by atoms with Crippen LogP contribution in [0, 0.1) is 41.5 Å². The molecule has 0 spiro atoms. The Balaban J connectivity index is 0.983. The van der Waals surface area contributed by atoms with Crippen LogP contribution >= 0.6 is 0 Å². The second-order valence-electron chi connectivity index (χ2n) is 18.2. The van der Waals surface area contributed by atoms with Gasteiger partial charge in [0.1, 0.15) is 11.2 Å². The molecule has 0 amide bonds. The van der Waals surface area contributed by atoms with Gasteiger partial charge in [-0.05, 0) is 198 Å². The number of furan rings is 1. The number of benzene rings is 7. The van der Waals surface area contributed by atoms with Crippen molar-refractivity contribution >= 4 is 65.6 Å². The van der Waals surface area contributed by atoms with Crippen molar-refractivity contribution in [2.75, 3.05) is 0 Å². The lowest BCUT2D eigenvalue weighted by atomic mass is 10.0. The van der Waals surface area contributed by atoms with E-state index >= 15 is 0 Å². The average Bonchev–Trinajstić information content (AvgIpc) is 4.18. The Morgan fingerprint density at radius 1 is 0.258 bits per heavy atom. The van der Waals surface area contributed by atoms with Gasteiger partial charge in [-0.2, -0.15) is 0 Å². The number of hydrogen-bond donors (Lipinski definition) is 0. The summed E-state index contributed by atoms with van der Waals surface area (Å²) in [6, 6.07) is 64.8. The number of nitrogens with zero attached hydrogens (tertiary/aromatic N) is 5. The monoisotopic (exact) mass is 853 g/mol. The van der Waals surface area contributed by atoms with Crippen LogP contribution in [0.4, 0.5) is 0 Å². The molecule has 6 heteroatoms. The predicted octanol–water partition coefficient (Wildman–Crippen LogP) is 15.7. The summed E-state index contributed by atoms with van der Waals surface area (Å²) in [7, 11) is 0. The number of fused-ring (bicyclic) bond motifs is 9. The molecule has 0 bridgehead atoms. The fourth-order valence-electron chi connectivity index (χ4n) is 11.1. The molecular weight excluding hydrogens is 807 g/mol. The Morgan fingerprint density at radius 3 is 1.05 bits per heavy atom. The van der Waals surface area contributed by atoms with Crippen LogP contribution in [0.3, 0.4) is 0 Å². The molecular formula is C60H47N5O. The van der Waals surface area contributed by atoms with Crippen molar-refractivity contribution in [3.05, 3.63) is 210 Å². The van der Waals surface area contributed by atoms with Crippen molar-refractivity contribution in [3.63, 3.8) is 0 Å². The molecule has 6 heterocycles. The van der Waals surface area contributed by atoms with Gasteiger partial charge < -0.3 is 27.3 Å². The van der Waals surface area contributed by atoms with Crippen LogP contribution in [0.5, 0.6) is 0 Å². The van der Waals surface area contributed by atoms with E-state index in [-0.39, 0.29) is 0 Å². The van der Waals surface area contributed by atoms with Crippen LogP contribution in [0.15, 0.2) is 180 Å². The van der Waals surface area contributed by atoms with Gasteiger partial charge in [-0.15, -0.1) is 0 Å². The largest absolute Gasteiger partial charge is 0.456 e. The highest BCUT2D eigenvalue weighted by molar-refractivity contribution is 6.13. The van der Waals surface area contributed by atoms with Crippen molar-refractivity contribution in [1.82, 2.24) is 22.8 Å². The minimum Gasteiger partial charge on any atom is -0.456 e. The van der Waals surface area contributed by atoms with Gasteiger partial charge in [-0.3, -0.25) is 0 Å². The van der Waals surface area contributed by atoms with Gasteiger partial charge in [0.25, 0.3) is 0 Å². The third-order valence-corrected chi connectivity index (χ3v) is 14.1. The normalized spacial score (nSPS) is 12.1. The molecule has 0 aliphatic heterocycles. The lowest BCUT2D eigenvalue weighted by Gasteiger charge is -2.11. The van der Waals surface area contributed by atoms with E-state index in [2.05, 4.69) is 240 Å². The predicted molar refractivity (Wildman–Crippen MR) is 274 cm³/mol. The van der Waals surface area contributed by atoms with Gasteiger partial charge in [0, 0.05) is 94.9 Å². The molecule has 318 valence electrons. The highest BCUT2D eigenvalue weighted by Crippen LogP contribution is 2.41. The van der Waals surface area contributed by atoms with E-state index in [4.69, 9.17) is 4.42 Å². The van der Waals surface area contributed by atoms with E-state index in [1.807, 2.05) is 0 Å². The number of rotatable bonds is 6. The van der Waals surface area contributed by atoms with Crippen molar-refractivity contribution in [2.45, 2.75) is 41.5 Å². The lowest BCUT2D eigenvalue weighted by Crippen LogP contribution is -1.99. The first kappa shape index (κ1) is 38.3. The van der Waals surface area contributed by atoms with Crippen LogP contribution in [-0.4, -0.2) is 22.8 Å². The van der Waals surface area contributed by atoms with E-state index in [1.54, 1.807) is 0 Å². The second kappa shape index (κ2) is 14.1. The third kappa shape index (κ3) is 5.61. The first-order chi connectivity index (χ1) is 32.2. The SMILES string of the molecule is Cc1ccc(C)n1-c1ccc2c(c1)c1cc(-c3ccc4oc5ccc(-n6c7ccc(-n8c(C)ccc8C)cc7c7cc(-n8c(C)ccc8C)ccc76)cc5c4c3)ccc1n2-c1ccccc1. The van der Waals surface area contributed by atoms with Gasteiger partial charge in [0.2, 0.25) is 0 Å². The van der Waals surface area contributed by atoms with E-state index in [0.717, 1.165) is 55.5 Å². The quantitative estimate of drug-likeness (QED) is 0.164. The number of para-hydroxylation sites is 1. The number of aromatic nitrogens is 5. The Kier molecular flexibility index (Phi) is 8.20. The van der Waals surface area contributed by atoms with Gasteiger partial charge in [0.05, 0.1) is 22.1 Å². The minimum absolute atomic E-state index is 0.873. The maximum Gasteiger partial charge on any atom is 0.135 e. The summed E-state index contributed by atoms with van der Waals surface area (Å²) in [5.74, 6) is 0. The highest BCUT2D eigenvalue weighted by Gasteiger charge is 2.20. The van der Waals surface area contributed by atoms with Crippen LogP contribution in [0.1, 0.15) is 34.2 Å². The topological polar surface area (TPSA) is 37.8 Å². The van der Waals surface area contributed by atoms with E-state index < -0.39 is 0 Å². The Morgan fingerprint density at radius 2 is 0.576 bits per heavy atom. The average molecular weight is 854 g/mol. The summed E-state index contributed by atoms with van der Waals surface area (Å²) in [4.78, 5) is 0. The molecule has 0 atom stereocenters. The molecule has 0 aliphatic carbocycles. The summed E-state index contributed by atoms with van der Waals surface area (Å²) >= 11 is 0. The molecule has 0 saturated carbocycles. The molecule has 13 aromatic rings. The fourth-order valence-corrected chi connectivity index (χ4v) is 11.1. The molecule has 6 aromatic heterocycles. The molecule has 66 heavy (non-hydrogen) atoms. The zero-order chi connectivity index (χ0) is 44.5. The molecule has 0 unspecified atom stereocenters. The summed E-state index contributed by atoms with van der Waals surface area (Å²) in [5, 5.41) is 7.06. The zero-order valence-corrected chi connectivity index (χ0v) is 37.9. The van der Waals surface area contributed by atoms with Crippen LogP contribution < -0.4 is 0 Å². The Hall–Kier alpha value is -8.22. The number of hydrogen-bond acceptors (Lipinski definition) is 1. The molecule has 7 aromatic carbocycles. The maximum absolute atomic E-state index is 6.58. The summed E-state index contributed by atoms with van der Waals surface area (Å²) in [5.41, 5.74) is 21.8. The van der Waals surface area contributed by atoms with Crippen molar-refractivity contribution in [2.24, 2.45) is 0 Å². The van der Waals surface area contributed by atoms with Crippen LogP contribution in [-0.2, 0) is 0 Å². The van der Waals surface area contributed by atoms with Gasteiger partial charge >= 0.3 is 0 Å². The smallest absolute Gasteiger partial charge is 0.135 e. The molecule has 0 N–H and O–H groups in total. The number of aryl methyl sites for hydroxylation is 6. The van der Waals surface area contributed by atoms with Gasteiger partial charge in [-0.1, -0.05) is 30.3 Å². The van der Waals surface area contributed by atoms with Gasteiger partial charge in [0.15, 0.2) is 0 Å². The maximum atomic E-state index is 6.58. The molecule has 6 nitrogen and oxygen atoms in total. The summed E-state index contributed by atoms with van der Waals surface area (Å²) in [6.07, 6.45) is 0. The second-order valence-corrected chi connectivity index (χ2v) is 18.2. The molecule has 0 radical (unpaired) electrons. The van der Waals surface area contributed by atoms with E-state index in [9.17, 15) is 0 Å².